The standard InChI is InChI=1S/C18H29BrO6/c1-5-6-7-8-13(20)18(23-4)16-14(24-11-21-2)9-10-15(17(16)19)25-12-22-3/h9-10,13,18,20H,5-8,11-12H2,1-4H3/t13-,18-/m0/s1. The Hall–Kier alpha value is -0.860. The molecular formula is C18H29BrO6. The van der Waals surface area contributed by atoms with E-state index >= 15 is 0 Å². The van der Waals surface area contributed by atoms with Gasteiger partial charge >= 0.3 is 0 Å². The molecule has 0 heterocycles. The second-order valence-electron chi connectivity index (χ2n) is 5.61. The zero-order chi connectivity index (χ0) is 18.7. The summed E-state index contributed by atoms with van der Waals surface area (Å²) in [6, 6.07) is 3.54. The maximum Gasteiger partial charge on any atom is 0.188 e. The van der Waals surface area contributed by atoms with Crippen LogP contribution in [0.2, 0.25) is 0 Å². The number of benzene rings is 1. The summed E-state index contributed by atoms with van der Waals surface area (Å²) in [5.74, 6) is 1.16. The Bertz CT molecular complexity index is 497. The molecule has 7 heteroatoms. The number of aliphatic hydroxyl groups excluding tert-OH is 1. The minimum atomic E-state index is -0.657. The van der Waals surface area contributed by atoms with Crippen LogP contribution in [0.4, 0.5) is 0 Å². The average molecular weight is 421 g/mol. The van der Waals surface area contributed by atoms with Crippen LogP contribution >= 0.6 is 15.9 Å². The van der Waals surface area contributed by atoms with Crippen molar-refractivity contribution in [2.75, 3.05) is 34.9 Å². The van der Waals surface area contributed by atoms with Gasteiger partial charge in [-0.2, -0.15) is 0 Å². The van der Waals surface area contributed by atoms with Crippen molar-refractivity contribution in [1.29, 1.82) is 0 Å². The predicted octanol–water partition coefficient (Wildman–Crippen LogP) is 4.04. The van der Waals surface area contributed by atoms with E-state index in [0.717, 1.165) is 19.3 Å². The van der Waals surface area contributed by atoms with Crippen molar-refractivity contribution in [2.45, 2.75) is 44.8 Å². The number of hydrogen-bond donors (Lipinski definition) is 1. The van der Waals surface area contributed by atoms with Crippen molar-refractivity contribution >= 4 is 15.9 Å². The number of hydrogen-bond acceptors (Lipinski definition) is 6. The van der Waals surface area contributed by atoms with Crippen LogP contribution in [0.3, 0.4) is 0 Å². The molecule has 2 atom stereocenters. The second-order valence-corrected chi connectivity index (χ2v) is 6.40. The predicted molar refractivity (Wildman–Crippen MR) is 99.0 cm³/mol. The Morgan fingerprint density at radius 1 is 1.00 bits per heavy atom. The molecule has 1 aromatic rings. The molecule has 0 aliphatic rings. The first-order valence-electron chi connectivity index (χ1n) is 8.37. The van der Waals surface area contributed by atoms with E-state index in [-0.39, 0.29) is 13.6 Å². The van der Waals surface area contributed by atoms with Gasteiger partial charge in [0, 0.05) is 26.9 Å². The SMILES string of the molecule is CCCCC[C@H](O)[C@H](OC)c1c(OCOC)ccc(OCOC)c1Br. The molecule has 25 heavy (non-hydrogen) atoms. The molecule has 0 amide bonds. The molecule has 0 saturated carbocycles. The Labute approximate surface area is 158 Å². The summed E-state index contributed by atoms with van der Waals surface area (Å²) in [5, 5.41) is 10.6. The first-order valence-corrected chi connectivity index (χ1v) is 9.16. The highest BCUT2D eigenvalue weighted by atomic mass is 79.9. The Morgan fingerprint density at radius 3 is 2.16 bits per heavy atom. The van der Waals surface area contributed by atoms with Crippen LogP contribution in [-0.4, -0.2) is 46.1 Å². The smallest absolute Gasteiger partial charge is 0.188 e. The van der Waals surface area contributed by atoms with Crippen LogP contribution in [-0.2, 0) is 14.2 Å². The lowest BCUT2D eigenvalue weighted by Gasteiger charge is -2.26. The van der Waals surface area contributed by atoms with Gasteiger partial charge in [-0.05, 0) is 34.5 Å². The van der Waals surface area contributed by atoms with Gasteiger partial charge in [-0.1, -0.05) is 26.2 Å². The molecule has 1 aromatic carbocycles. The largest absolute Gasteiger partial charge is 0.467 e. The van der Waals surface area contributed by atoms with Crippen LogP contribution in [0.15, 0.2) is 16.6 Å². The molecule has 0 aliphatic heterocycles. The van der Waals surface area contributed by atoms with Crippen molar-refractivity contribution < 1.29 is 28.8 Å². The molecule has 0 aromatic heterocycles. The van der Waals surface area contributed by atoms with E-state index in [9.17, 15) is 5.11 Å². The summed E-state index contributed by atoms with van der Waals surface area (Å²) in [7, 11) is 4.68. The number of halogens is 1. The summed E-state index contributed by atoms with van der Waals surface area (Å²) >= 11 is 3.55. The lowest BCUT2D eigenvalue weighted by atomic mass is 9.98. The average Bonchev–Trinajstić information content (AvgIpc) is 2.61. The van der Waals surface area contributed by atoms with Gasteiger partial charge < -0.3 is 28.8 Å². The molecule has 0 unspecified atom stereocenters. The van der Waals surface area contributed by atoms with E-state index in [2.05, 4.69) is 22.9 Å². The van der Waals surface area contributed by atoms with Crippen LogP contribution in [0.25, 0.3) is 0 Å². The van der Waals surface area contributed by atoms with Gasteiger partial charge in [0.1, 0.15) is 17.6 Å². The molecule has 0 saturated heterocycles. The van der Waals surface area contributed by atoms with Gasteiger partial charge in [0.25, 0.3) is 0 Å². The third-order valence-corrected chi connectivity index (χ3v) is 4.58. The summed E-state index contributed by atoms with van der Waals surface area (Å²) in [6.07, 6.45) is 2.53. The van der Waals surface area contributed by atoms with E-state index in [4.69, 9.17) is 23.7 Å². The first kappa shape index (κ1) is 22.2. The van der Waals surface area contributed by atoms with Crippen molar-refractivity contribution in [3.63, 3.8) is 0 Å². The van der Waals surface area contributed by atoms with Crippen molar-refractivity contribution in [3.8, 4) is 11.5 Å². The highest BCUT2D eigenvalue weighted by Gasteiger charge is 2.28. The summed E-state index contributed by atoms with van der Waals surface area (Å²) < 4.78 is 27.4. The van der Waals surface area contributed by atoms with Crippen LogP contribution in [0, 0.1) is 0 Å². The van der Waals surface area contributed by atoms with Gasteiger partial charge in [-0.3, -0.25) is 0 Å². The van der Waals surface area contributed by atoms with Crippen molar-refractivity contribution in [3.05, 3.63) is 22.2 Å². The Kier molecular flexibility index (Phi) is 11.1. The molecule has 0 aliphatic carbocycles. The maximum absolute atomic E-state index is 10.6. The van der Waals surface area contributed by atoms with E-state index in [1.807, 2.05) is 0 Å². The third kappa shape index (κ3) is 6.75. The Balaban J connectivity index is 3.14. The highest BCUT2D eigenvalue weighted by Crippen LogP contribution is 2.42. The zero-order valence-corrected chi connectivity index (χ0v) is 17.0. The number of methoxy groups -OCH3 is 3. The molecule has 0 bridgehead atoms. The molecule has 1 N–H and O–H groups in total. The van der Waals surface area contributed by atoms with Crippen molar-refractivity contribution in [2.24, 2.45) is 0 Å². The molecule has 6 nitrogen and oxygen atoms in total. The number of unbranched alkanes of at least 4 members (excludes halogenated alkanes) is 2. The summed E-state index contributed by atoms with van der Waals surface area (Å²) in [5.41, 5.74) is 0.692. The lowest BCUT2D eigenvalue weighted by Crippen LogP contribution is -2.22. The third-order valence-electron chi connectivity index (χ3n) is 3.76. The fraction of sp³-hybridized carbons (Fsp3) is 0.667. The van der Waals surface area contributed by atoms with Crippen LogP contribution in [0.1, 0.15) is 44.3 Å². The topological polar surface area (TPSA) is 66.4 Å². The van der Waals surface area contributed by atoms with Gasteiger partial charge in [0.2, 0.25) is 0 Å². The fourth-order valence-corrected chi connectivity index (χ4v) is 3.19. The highest BCUT2D eigenvalue weighted by molar-refractivity contribution is 9.10. The van der Waals surface area contributed by atoms with Gasteiger partial charge in [-0.15, -0.1) is 0 Å². The quantitative estimate of drug-likeness (QED) is 0.383. The van der Waals surface area contributed by atoms with Crippen LogP contribution in [0.5, 0.6) is 11.5 Å². The summed E-state index contributed by atoms with van der Waals surface area (Å²) in [4.78, 5) is 0. The number of ether oxygens (including phenoxy) is 5. The molecular weight excluding hydrogens is 392 g/mol. The Morgan fingerprint density at radius 2 is 1.60 bits per heavy atom. The number of rotatable bonds is 13. The molecule has 144 valence electrons. The van der Waals surface area contributed by atoms with E-state index in [1.165, 1.54) is 0 Å². The maximum atomic E-state index is 10.6. The lowest BCUT2D eigenvalue weighted by molar-refractivity contribution is -0.0227. The normalized spacial score (nSPS) is 13.5. The fourth-order valence-electron chi connectivity index (χ4n) is 2.52. The first-order chi connectivity index (χ1) is 12.1. The molecule has 0 radical (unpaired) electrons. The van der Waals surface area contributed by atoms with Gasteiger partial charge in [0.05, 0.1) is 10.6 Å². The molecule has 0 fully saturated rings. The minimum absolute atomic E-state index is 0.0973. The van der Waals surface area contributed by atoms with E-state index in [0.29, 0.717) is 28.0 Å². The zero-order valence-electron chi connectivity index (χ0n) is 15.4. The van der Waals surface area contributed by atoms with E-state index < -0.39 is 12.2 Å². The van der Waals surface area contributed by atoms with Crippen molar-refractivity contribution in [1.82, 2.24) is 0 Å². The van der Waals surface area contributed by atoms with Gasteiger partial charge in [0.15, 0.2) is 13.6 Å². The van der Waals surface area contributed by atoms with Gasteiger partial charge in [-0.25, -0.2) is 0 Å². The number of aliphatic hydroxyl groups is 1. The van der Waals surface area contributed by atoms with E-state index in [1.54, 1.807) is 33.5 Å². The summed E-state index contributed by atoms with van der Waals surface area (Å²) in [6.45, 7) is 2.34. The minimum Gasteiger partial charge on any atom is -0.467 e. The molecule has 1 rings (SSSR count). The second kappa shape index (κ2) is 12.5. The molecule has 0 spiro atoms. The van der Waals surface area contributed by atoms with Crippen LogP contribution < -0.4 is 9.47 Å². The monoisotopic (exact) mass is 420 g/mol.